The van der Waals surface area contributed by atoms with Crippen LogP contribution in [0.2, 0.25) is 0 Å². The lowest BCUT2D eigenvalue weighted by molar-refractivity contribution is -0.137. The van der Waals surface area contributed by atoms with Gasteiger partial charge in [0.05, 0.1) is 17.4 Å². The first-order chi connectivity index (χ1) is 9.99. The van der Waals surface area contributed by atoms with Gasteiger partial charge in [-0.05, 0) is 36.2 Å². The van der Waals surface area contributed by atoms with Crippen molar-refractivity contribution in [3.05, 3.63) is 59.4 Å². The number of hydrogen-bond donors (Lipinski definition) is 1. The second kappa shape index (κ2) is 6.27. The molecule has 0 fully saturated rings. The maximum atomic E-state index is 12.4. The van der Waals surface area contributed by atoms with Gasteiger partial charge < -0.3 is 5.32 Å². The van der Waals surface area contributed by atoms with Gasteiger partial charge in [0.2, 0.25) is 0 Å². The third kappa shape index (κ3) is 4.21. The van der Waals surface area contributed by atoms with E-state index in [1.54, 1.807) is 18.3 Å². The molecule has 2 rings (SSSR count). The standard InChI is InChI=1S/C15H12F3N3/c16-15(17,18)12-3-1-11(2-4-12)7-8-20-14-6-5-13(9-19)21-10-14/h1-6,10,20H,7-8H2. The van der Waals surface area contributed by atoms with Gasteiger partial charge in [-0.3, -0.25) is 0 Å². The zero-order valence-electron chi connectivity index (χ0n) is 11.0. The molecule has 1 aromatic carbocycles. The molecule has 2 aromatic rings. The van der Waals surface area contributed by atoms with Gasteiger partial charge in [0.1, 0.15) is 11.8 Å². The second-order valence-corrected chi connectivity index (χ2v) is 4.42. The molecule has 0 aliphatic rings. The summed E-state index contributed by atoms with van der Waals surface area (Å²) in [5, 5.41) is 11.7. The Morgan fingerprint density at radius 3 is 2.33 bits per heavy atom. The molecular formula is C15H12F3N3. The van der Waals surface area contributed by atoms with Crippen molar-refractivity contribution < 1.29 is 13.2 Å². The molecule has 3 nitrogen and oxygen atoms in total. The lowest BCUT2D eigenvalue weighted by Crippen LogP contribution is -2.07. The predicted octanol–water partition coefficient (Wildman–Crippen LogP) is 3.63. The summed E-state index contributed by atoms with van der Waals surface area (Å²) >= 11 is 0. The predicted molar refractivity (Wildman–Crippen MR) is 72.6 cm³/mol. The summed E-state index contributed by atoms with van der Waals surface area (Å²) in [6.45, 7) is 0.568. The number of halogens is 3. The molecule has 0 aliphatic carbocycles. The average Bonchev–Trinajstić information content (AvgIpc) is 2.47. The fourth-order valence-corrected chi connectivity index (χ4v) is 1.78. The van der Waals surface area contributed by atoms with Crippen molar-refractivity contribution >= 4 is 5.69 Å². The molecule has 0 radical (unpaired) electrons. The number of anilines is 1. The Morgan fingerprint density at radius 1 is 1.10 bits per heavy atom. The van der Waals surface area contributed by atoms with Gasteiger partial charge in [-0.2, -0.15) is 18.4 Å². The van der Waals surface area contributed by atoms with Crippen molar-refractivity contribution in [3.8, 4) is 6.07 Å². The van der Waals surface area contributed by atoms with Crippen LogP contribution in [-0.4, -0.2) is 11.5 Å². The molecule has 0 bridgehead atoms. The lowest BCUT2D eigenvalue weighted by Gasteiger charge is -2.08. The first-order valence-corrected chi connectivity index (χ1v) is 6.25. The maximum absolute atomic E-state index is 12.4. The average molecular weight is 291 g/mol. The summed E-state index contributed by atoms with van der Waals surface area (Å²) in [5.41, 5.74) is 1.27. The smallest absolute Gasteiger partial charge is 0.383 e. The summed E-state index contributed by atoms with van der Waals surface area (Å²) in [5.74, 6) is 0. The highest BCUT2D eigenvalue weighted by Gasteiger charge is 2.29. The van der Waals surface area contributed by atoms with Crippen LogP contribution >= 0.6 is 0 Å². The van der Waals surface area contributed by atoms with Gasteiger partial charge in [-0.15, -0.1) is 0 Å². The van der Waals surface area contributed by atoms with Gasteiger partial charge in [0.25, 0.3) is 0 Å². The van der Waals surface area contributed by atoms with Crippen LogP contribution in [0.4, 0.5) is 18.9 Å². The molecule has 0 saturated carbocycles. The number of rotatable bonds is 4. The minimum absolute atomic E-state index is 0.336. The fraction of sp³-hybridized carbons (Fsp3) is 0.200. The number of pyridine rings is 1. The number of alkyl halides is 3. The number of hydrogen-bond acceptors (Lipinski definition) is 3. The Balaban J connectivity index is 1.87. The van der Waals surface area contributed by atoms with Gasteiger partial charge in [-0.25, -0.2) is 4.98 Å². The third-order valence-corrected chi connectivity index (χ3v) is 2.90. The van der Waals surface area contributed by atoms with Crippen LogP contribution in [0.1, 0.15) is 16.8 Å². The van der Waals surface area contributed by atoms with E-state index in [4.69, 9.17) is 5.26 Å². The van der Waals surface area contributed by atoms with E-state index in [0.717, 1.165) is 23.4 Å². The summed E-state index contributed by atoms with van der Waals surface area (Å²) in [4.78, 5) is 3.91. The molecule has 1 N–H and O–H groups in total. The number of aromatic nitrogens is 1. The van der Waals surface area contributed by atoms with E-state index in [-0.39, 0.29) is 0 Å². The molecule has 1 aromatic heterocycles. The molecule has 0 unspecified atom stereocenters. The van der Waals surface area contributed by atoms with E-state index in [9.17, 15) is 13.2 Å². The van der Waals surface area contributed by atoms with Crippen LogP contribution in [0.25, 0.3) is 0 Å². The van der Waals surface area contributed by atoms with Crippen molar-refractivity contribution in [2.24, 2.45) is 0 Å². The number of nitrogens with zero attached hydrogens (tertiary/aromatic N) is 2. The summed E-state index contributed by atoms with van der Waals surface area (Å²) in [6.07, 6.45) is -2.16. The largest absolute Gasteiger partial charge is 0.416 e. The minimum atomic E-state index is -4.30. The zero-order valence-corrected chi connectivity index (χ0v) is 11.0. The SMILES string of the molecule is N#Cc1ccc(NCCc2ccc(C(F)(F)F)cc2)cn1. The summed E-state index contributed by atoms with van der Waals surface area (Å²) < 4.78 is 37.2. The van der Waals surface area contributed by atoms with Crippen LogP contribution in [0, 0.1) is 11.3 Å². The number of nitriles is 1. The summed E-state index contributed by atoms with van der Waals surface area (Å²) in [6, 6.07) is 10.4. The highest BCUT2D eigenvalue weighted by Crippen LogP contribution is 2.29. The maximum Gasteiger partial charge on any atom is 0.416 e. The van der Waals surface area contributed by atoms with Gasteiger partial charge in [0.15, 0.2) is 0 Å². The van der Waals surface area contributed by atoms with Crippen LogP contribution in [0.15, 0.2) is 42.6 Å². The van der Waals surface area contributed by atoms with Crippen molar-refractivity contribution in [2.45, 2.75) is 12.6 Å². The van der Waals surface area contributed by atoms with Crippen molar-refractivity contribution in [1.82, 2.24) is 4.98 Å². The topological polar surface area (TPSA) is 48.7 Å². The van der Waals surface area contributed by atoms with E-state index in [1.165, 1.54) is 12.1 Å². The normalized spacial score (nSPS) is 11.0. The molecule has 0 saturated heterocycles. The van der Waals surface area contributed by atoms with Crippen molar-refractivity contribution in [2.75, 3.05) is 11.9 Å². The number of nitrogens with one attached hydrogen (secondary N) is 1. The monoisotopic (exact) mass is 291 g/mol. The Kier molecular flexibility index (Phi) is 4.43. The van der Waals surface area contributed by atoms with E-state index >= 15 is 0 Å². The fourth-order valence-electron chi connectivity index (χ4n) is 1.78. The van der Waals surface area contributed by atoms with E-state index in [1.807, 2.05) is 6.07 Å². The number of benzene rings is 1. The van der Waals surface area contributed by atoms with Gasteiger partial charge in [-0.1, -0.05) is 12.1 Å². The molecule has 6 heteroatoms. The van der Waals surface area contributed by atoms with Gasteiger partial charge in [0, 0.05) is 6.54 Å². The van der Waals surface area contributed by atoms with E-state index in [2.05, 4.69) is 10.3 Å². The first-order valence-electron chi connectivity index (χ1n) is 6.25. The van der Waals surface area contributed by atoms with Crippen LogP contribution in [-0.2, 0) is 12.6 Å². The molecule has 1 heterocycles. The molecular weight excluding hydrogens is 279 g/mol. The summed E-state index contributed by atoms with van der Waals surface area (Å²) in [7, 11) is 0. The van der Waals surface area contributed by atoms with Crippen molar-refractivity contribution in [3.63, 3.8) is 0 Å². The second-order valence-electron chi connectivity index (χ2n) is 4.42. The molecule has 108 valence electrons. The molecule has 0 spiro atoms. The Labute approximate surface area is 120 Å². The van der Waals surface area contributed by atoms with Crippen LogP contribution in [0.3, 0.4) is 0 Å². The van der Waals surface area contributed by atoms with Crippen LogP contribution in [0.5, 0.6) is 0 Å². The Morgan fingerprint density at radius 2 is 1.81 bits per heavy atom. The Hall–Kier alpha value is -2.55. The van der Waals surface area contributed by atoms with E-state index < -0.39 is 11.7 Å². The highest BCUT2D eigenvalue weighted by molar-refractivity contribution is 5.42. The molecule has 0 amide bonds. The zero-order chi connectivity index (χ0) is 15.3. The third-order valence-electron chi connectivity index (χ3n) is 2.90. The highest BCUT2D eigenvalue weighted by atomic mass is 19.4. The minimum Gasteiger partial charge on any atom is -0.383 e. The van der Waals surface area contributed by atoms with Crippen LogP contribution < -0.4 is 5.32 Å². The molecule has 0 aliphatic heterocycles. The lowest BCUT2D eigenvalue weighted by atomic mass is 10.1. The first kappa shape index (κ1) is 14.9. The van der Waals surface area contributed by atoms with E-state index in [0.29, 0.717) is 18.7 Å². The Bertz CT molecular complexity index is 625. The molecule has 21 heavy (non-hydrogen) atoms. The van der Waals surface area contributed by atoms with Gasteiger partial charge >= 0.3 is 6.18 Å². The van der Waals surface area contributed by atoms with Crippen molar-refractivity contribution in [1.29, 1.82) is 5.26 Å². The quantitative estimate of drug-likeness (QED) is 0.935. The molecule has 0 atom stereocenters.